The van der Waals surface area contributed by atoms with Gasteiger partial charge >= 0.3 is 7.82 Å². The van der Waals surface area contributed by atoms with Crippen molar-refractivity contribution < 1.29 is 23.4 Å². The number of hydrogen-bond acceptors (Lipinski definition) is 2. The first-order valence-electron chi connectivity index (χ1n) is 11.1. The summed E-state index contributed by atoms with van der Waals surface area (Å²) in [5, 5.41) is 0. The van der Waals surface area contributed by atoms with Crippen LogP contribution in [0.5, 0.6) is 0 Å². The lowest BCUT2D eigenvalue weighted by atomic mass is 10.1. The van der Waals surface area contributed by atoms with Crippen LogP contribution < -0.4 is 0 Å². The molecule has 27 heavy (non-hydrogen) atoms. The first-order valence-corrected chi connectivity index (χ1v) is 12.7. The minimum atomic E-state index is -4.23. The van der Waals surface area contributed by atoms with Crippen molar-refractivity contribution in [1.82, 2.24) is 0 Å². The monoisotopic (exact) mass is 410 g/mol. The maximum absolute atomic E-state index is 10.2. The summed E-state index contributed by atoms with van der Waals surface area (Å²) in [6.07, 6.45) is 17.9. The Morgan fingerprint density at radius 1 is 0.667 bits per heavy atom. The molecular formula is C21H49NO4P+. The first-order chi connectivity index (χ1) is 12.6. The van der Waals surface area contributed by atoms with Crippen LogP contribution in [-0.2, 0) is 9.09 Å². The fraction of sp³-hybridized carbons (Fsp3) is 1.00. The summed E-state index contributed by atoms with van der Waals surface area (Å²) < 4.78 is 15.7. The SMILES string of the molecule is CCCCCCCCCC[N+](C)(C)C.CCCCCCCCOP(=O)(O)O. The molecule has 0 aromatic carbocycles. The Labute approximate surface area is 169 Å². The zero-order valence-corrected chi connectivity index (χ0v) is 19.8. The molecule has 0 radical (unpaired) electrons. The standard InChI is InChI=1S/C13H30N.C8H19O4P/c1-5-6-7-8-9-10-11-12-13-14(2,3)4;1-2-3-4-5-6-7-8-12-13(9,10)11/h5-13H2,1-4H3;2-8H2,1H3,(H2,9,10,11)/q+1;. The summed E-state index contributed by atoms with van der Waals surface area (Å²) in [6, 6.07) is 0. The van der Waals surface area contributed by atoms with Gasteiger partial charge in [-0.2, -0.15) is 0 Å². The molecule has 0 aliphatic heterocycles. The molecule has 0 spiro atoms. The molecule has 5 nitrogen and oxygen atoms in total. The highest BCUT2D eigenvalue weighted by molar-refractivity contribution is 7.46. The van der Waals surface area contributed by atoms with Crippen molar-refractivity contribution in [1.29, 1.82) is 0 Å². The molecule has 0 aromatic rings. The second-order valence-electron chi connectivity index (χ2n) is 8.58. The van der Waals surface area contributed by atoms with Crippen LogP contribution in [0.25, 0.3) is 0 Å². The second-order valence-corrected chi connectivity index (χ2v) is 9.82. The van der Waals surface area contributed by atoms with E-state index in [1.807, 2.05) is 0 Å². The molecule has 0 heterocycles. The average molecular weight is 411 g/mol. The molecule has 0 saturated carbocycles. The van der Waals surface area contributed by atoms with E-state index < -0.39 is 7.82 Å². The van der Waals surface area contributed by atoms with Gasteiger partial charge in [0.1, 0.15) is 0 Å². The van der Waals surface area contributed by atoms with Crippen LogP contribution in [0.4, 0.5) is 0 Å². The van der Waals surface area contributed by atoms with Gasteiger partial charge in [0.15, 0.2) is 0 Å². The van der Waals surface area contributed by atoms with Crippen molar-refractivity contribution in [3.8, 4) is 0 Å². The van der Waals surface area contributed by atoms with Crippen LogP contribution in [-0.4, -0.2) is 48.6 Å². The third kappa shape index (κ3) is 34.0. The number of unbranched alkanes of at least 4 members (excludes halogenated alkanes) is 12. The fourth-order valence-electron chi connectivity index (χ4n) is 2.79. The summed E-state index contributed by atoms with van der Waals surface area (Å²) in [7, 11) is 2.61. The van der Waals surface area contributed by atoms with E-state index in [1.54, 1.807) is 0 Å². The van der Waals surface area contributed by atoms with Crippen molar-refractivity contribution in [2.24, 2.45) is 0 Å². The maximum Gasteiger partial charge on any atom is 0.469 e. The van der Waals surface area contributed by atoms with Gasteiger partial charge in [0.25, 0.3) is 0 Å². The quantitative estimate of drug-likeness (QED) is 0.168. The Morgan fingerprint density at radius 2 is 1.04 bits per heavy atom. The minimum Gasteiger partial charge on any atom is -0.331 e. The van der Waals surface area contributed by atoms with Gasteiger partial charge < -0.3 is 14.3 Å². The lowest BCUT2D eigenvalue weighted by Gasteiger charge is -2.23. The zero-order chi connectivity index (χ0) is 21.0. The van der Waals surface area contributed by atoms with Crippen molar-refractivity contribution in [2.45, 2.75) is 104 Å². The van der Waals surface area contributed by atoms with Gasteiger partial charge in [0.05, 0.1) is 34.3 Å². The summed E-state index contributed by atoms with van der Waals surface area (Å²) in [6.45, 7) is 5.92. The molecule has 0 amide bonds. The molecule has 0 aliphatic rings. The van der Waals surface area contributed by atoms with Crippen LogP contribution in [0, 0.1) is 0 Å². The molecule has 0 rings (SSSR count). The van der Waals surface area contributed by atoms with E-state index in [1.165, 1.54) is 77.2 Å². The molecule has 0 saturated heterocycles. The van der Waals surface area contributed by atoms with Crippen molar-refractivity contribution in [2.75, 3.05) is 34.3 Å². The van der Waals surface area contributed by atoms with Crippen LogP contribution in [0.1, 0.15) is 104 Å². The molecular weight excluding hydrogens is 361 g/mol. The molecule has 166 valence electrons. The van der Waals surface area contributed by atoms with Crippen molar-refractivity contribution >= 4 is 7.82 Å². The summed E-state index contributed by atoms with van der Waals surface area (Å²) in [5.74, 6) is 0. The Balaban J connectivity index is 0. The molecule has 0 atom stereocenters. The van der Waals surface area contributed by atoms with E-state index in [4.69, 9.17) is 9.79 Å². The van der Waals surface area contributed by atoms with Gasteiger partial charge in [-0.3, -0.25) is 4.52 Å². The largest absolute Gasteiger partial charge is 0.469 e. The van der Waals surface area contributed by atoms with Gasteiger partial charge in [-0.25, -0.2) is 4.57 Å². The Hall–Kier alpha value is 0.0700. The summed E-state index contributed by atoms with van der Waals surface area (Å²) in [4.78, 5) is 16.7. The number of quaternary nitrogens is 1. The van der Waals surface area contributed by atoms with E-state index in [2.05, 4.69) is 39.5 Å². The van der Waals surface area contributed by atoms with E-state index in [0.29, 0.717) is 0 Å². The van der Waals surface area contributed by atoms with Gasteiger partial charge in [0.2, 0.25) is 0 Å². The van der Waals surface area contributed by atoms with E-state index >= 15 is 0 Å². The molecule has 0 aliphatic carbocycles. The molecule has 0 aromatic heterocycles. The predicted octanol–water partition coefficient (Wildman–Crippen LogP) is 6.29. The Morgan fingerprint density at radius 3 is 1.41 bits per heavy atom. The Kier molecular flexibility index (Phi) is 21.0. The number of phosphoric ester groups is 1. The first kappa shape index (κ1) is 29.3. The highest BCUT2D eigenvalue weighted by atomic mass is 31.2. The van der Waals surface area contributed by atoms with Gasteiger partial charge in [0, 0.05) is 0 Å². The zero-order valence-electron chi connectivity index (χ0n) is 18.9. The van der Waals surface area contributed by atoms with Crippen LogP contribution in [0.2, 0.25) is 0 Å². The summed E-state index contributed by atoms with van der Waals surface area (Å²) >= 11 is 0. The average Bonchev–Trinajstić information content (AvgIpc) is 2.55. The lowest BCUT2D eigenvalue weighted by Crippen LogP contribution is -2.35. The third-order valence-electron chi connectivity index (χ3n) is 4.44. The van der Waals surface area contributed by atoms with E-state index in [-0.39, 0.29) is 6.61 Å². The molecule has 0 unspecified atom stereocenters. The molecule has 0 bridgehead atoms. The van der Waals surface area contributed by atoms with Gasteiger partial charge in [-0.1, -0.05) is 84.5 Å². The topological polar surface area (TPSA) is 66.8 Å². The third-order valence-corrected chi connectivity index (χ3v) is 4.96. The number of hydrogen-bond donors (Lipinski definition) is 2. The normalized spacial score (nSPS) is 12.0. The van der Waals surface area contributed by atoms with Crippen molar-refractivity contribution in [3.63, 3.8) is 0 Å². The number of phosphoric acid groups is 1. The molecule has 0 fully saturated rings. The van der Waals surface area contributed by atoms with Gasteiger partial charge in [-0.15, -0.1) is 0 Å². The van der Waals surface area contributed by atoms with E-state index in [0.717, 1.165) is 23.7 Å². The number of rotatable bonds is 17. The minimum absolute atomic E-state index is 0.163. The van der Waals surface area contributed by atoms with Crippen LogP contribution in [0.3, 0.4) is 0 Å². The smallest absolute Gasteiger partial charge is 0.331 e. The van der Waals surface area contributed by atoms with Crippen LogP contribution in [0.15, 0.2) is 0 Å². The fourth-order valence-corrected chi connectivity index (χ4v) is 3.15. The van der Waals surface area contributed by atoms with Crippen LogP contribution >= 0.6 is 7.82 Å². The highest BCUT2D eigenvalue weighted by Gasteiger charge is 2.12. The molecule has 6 heteroatoms. The summed E-state index contributed by atoms with van der Waals surface area (Å²) in [5.41, 5.74) is 0. The lowest BCUT2D eigenvalue weighted by molar-refractivity contribution is -0.870. The number of nitrogens with zero attached hydrogens (tertiary/aromatic N) is 1. The molecule has 2 N–H and O–H groups in total. The highest BCUT2D eigenvalue weighted by Crippen LogP contribution is 2.35. The van der Waals surface area contributed by atoms with E-state index in [9.17, 15) is 4.57 Å². The second kappa shape index (κ2) is 19.4. The predicted molar refractivity (Wildman–Crippen MR) is 117 cm³/mol. The maximum atomic E-state index is 10.2. The van der Waals surface area contributed by atoms with Gasteiger partial charge in [-0.05, 0) is 19.3 Å². The van der Waals surface area contributed by atoms with Crippen molar-refractivity contribution in [3.05, 3.63) is 0 Å². The Bertz CT molecular complexity index is 340.